The Kier molecular flexibility index (Phi) is 4.38. The van der Waals surface area contributed by atoms with Crippen molar-refractivity contribution in [1.82, 2.24) is 0 Å². The Morgan fingerprint density at radius 2 is 1.45 bits per heavy atom. The highest BCUT2D eigenvalue weighted by Gasteiger charge is 2.09. The molecule has 2 aromatic rings. The predicted molar refractivity (Wildman–Crippen MR) is 80.2 cm³/mol. The fraction of sp³-hybridized carbons (Fsp3) is 0.0667. The largest absolute Gasteiger partial charge is 0.325 e. The predicted octanol–water partition coefficient (Wildman–Crippen LogP) is 3.55. The van der Waals surface area contributed by atoms with E-state index in [-0.39, 0.29) is 11.8 Å². The fourth-order valence-electron chi connectivity index (χ4n) is 1.69. The summed E-state index contributed by atoms with van der Waals surface area (Å²) < 4.78 is 0. The van der Waals surface area contributed by atoms with E-state index in [9.17, 15) is 9.59 Å². The quantitative estimate of drug-likeness (QED) is 0.907. The highest BCUT2D eigenvalue weighted by Crippen LogP contribution is 2.22. The van der Waals surface area contributed by atoms with Crippen molar-refractivity contribution >= 4 is 34.8 Å². The van der Waals surface area contributed by atoms with Gasteiger partial charge in [-0.05, 0) is 36.4 Å². The lowest BCUT2D eigenvalue weighted by atomic mass is 10.2. The van der Waals surface area contributed by atoms with Crippen LogP contribution in [0.3, 0.4) is 0 Å². The molecular weight excluding hydrogens is 276 g/mol. The fourth-order valence-corrected chi connectivity index (χ4v) is 1.81. The van der Waals surface area contributed by atoms with Crippen molar-refractivity contribution in [3.63, 3.8) is 0 Å². The molecule has 0 saturated heterocycles. The molecule has 0 aliphatic heterocycles. The van der Waals surface area contributed by atoms with Gasteiger partial charge in [0.1, 0.15) is 0 Å². The molecular formula is C15H13ClN2O2. The van der Waals surface area contributed by atoms with Crippen molar-refractivity contribution in [2.75, 3.05) is 10.6 Å². The highest BCUT2D eigenvalue weighted by molar-refractivity contribution is 6.30. The Bertz CT molecular complexity index is 639. The number of rotatable bonds is 3. The molecule has 0 bridgehead atoms. The topological polar surface area (TPSA) is 58.2 Å². The summed E-state index contributed by atoms with van der Waals surface area (Å²) in [5.41, 5.74) is 1.59. The van der Waals surface area contributed by atoms with Crippen molar-refractivity contribution in [1.29, 1.82) is 0 Å². The van der Waals surface area contributed by atoms with Crippen LogP contribution in [0.15, 0.2) is 48.5 Å². The molecule has 0 saturated carbocycles. The van der Waals surface area contributed by atoms with Gasteiger partial charge in [0.2, 0.25) is 5.91 Å². The van der Waals surface area contributed by atoms with Gasteiger partial charge in [-0.15, -0.1) is 0 Å². The summed E-state index contributed by atoms with van der Waals surface area (Å²) in [6, 6.07) is 13.6. The first-order valence-corrected chi connectivity index (χ1v) is 6.37. The summed E-state index contributed by atoms with van der Waals surface area (Å²) in [6.07, 6.45) is 0. The maximum Gasteiger partial charge on any atom is 0.255 e. The summed E-state index contributed by atoms with van der Waals surface area (Å²) in [5, 5.41) is 5.99. The first-order chi connectivity index (χ1) is 9.56. The minimum Gasteiger partial charge on any atom is -0.325 e. The number of hydrogen-bond donors (Lipinski definition) is 2. The lowest BCUT2D eigenvalue weighted by molar-refractivity contribution is -0.114. The van der Waals surface area contributed by atoms with Crippen LogP contribution in [0.4, 0.5) is 11.4 Å². The van der Waals surface area contributed by atoms with E-state index in [4.69, 9.17) is 11.6 Å². The summed E-state index contributed by atoms with van der Waals surface area (Å²) in [7, 11) is 0. The van der Waals surface area contributed by atoms with Gasteiger partial charge in [-0.3, -0.25) is 9.59 Å². The van der Waals surface area contributed by atoms with E-state index in [1.165, 1.54) is 6.92 Å². The van der Waals surface area contributed by atoms with Crippen molar-refractivity contribution in [3.8, 4) is 0 Å². The number of anilines is 2. The maximum atomic E-state index is 12.1. The minimum atomic E-state index is -0.264. The van der Waals surface area contributed by atoms with E-state index < -0.39 is 0 Å². The normalized spacial score (nSPS) is 9.90. The average molecular weight is 289 g/mol. The molecule has 2 rings (SSSR count). The molecule has 0 atom stereocenters. The molecule has 0 spiro atoms. The molecule has 0 aliphatic carbocycles. The van der Waals surface area contributed by atoms with Gasteiger partial charge in [0.25, 0.3) is 5.91 Å². The second-order valence-corrected chi connectivity index (χ2v) is 4.62. The lowest BCUT2D eigenvalue weighted by Crippen LogP contribution is -2.15. The van der Waals surface area contributed by atoms with Crippen molar-refractivity contribution in [3.05, 3.63) is 59.1 Å². The number of benzene rings is 2. The van der Waals surface area contributed by atoms with Crippen LogP contribution in [0.25, 0.3) is 0 Å². The third-order valence-electron chi connectivity index (χ3n) is 2.59. The molecule has 0 heterocycles. The van der Waals surface area contributed by atoms with Crippen LogP contribution < -0.4 is 10.6 Å². The third-order valence-corrected chi connectivity index (χ3v) is 2.84. The molecule has 102 valence electrons. The standard InChI is InChI=1S/C15H13ClN2O2/c1-10(19)17-13-4-2-3-5-14(13)18-15(20)11-6-8-12(16)9-7-11/h2-9H,1H3,(H,17,19)(H,18,20). The summed E-state index contributed by atoms with van der Waals surface area (Å²) in [4.78, 5) is 23.2. The summed E-state index contributed by atoms with van der Waals surface area (Å²) >= 11 is 5.78. The molecule has 0 fully saturated rings. The summed E-state index contributed by atoms with van der Waals surface area (Å²) in [6.45, 7) is 1.41. The number of hydrogen-bond acceptors (Lipinski definition) is 2. The average Bonchev–Trinajstić information content (AvgIpc) is 2.41. The van der Waals surface area contributed by atoms with Gasteiger partial charge < -0.3 is 10.6 Å². The molecule has 0 aromatic heterocycles. The number of nitrogens with one attached hydrogen (secondary N) is 2. The molecule has 4 nitrogen and oxygen atoms in total. The molecule has 0 radical (unpaired) electrons. The van der Waals surface area contributed by atoms with E-state index in [0.717, 1.165) is 0 Å². The Morgan fingerprint density at radius 1 is 0.900 bits per heavy atom. The molecule has 20 heavy (non-hydrogen) atoms. The Morgan fingerprint density at radius 3 is 2.00 bits per heavy atom. The van der Waals surface area contributed by atoms with Gasteiger partial charge in [-0.1, -0.05) is 23.7 Å². The second-order valence-electron chi connectivity index (χ2n) is 4.19. The van der Waals surface area contributed by atoms with E-state index in [1.807, 2.05) is 0 Å². The smallest absolute Gasteiger partial charge is 0.255 e. The zero-order valence-electron chi connectivity index (χ0n) is 10.8. The van der Waals surface area contributed by atoms with E-state index >= 15 is 0 Å². The number of carbonyl (C=O) groups is 2. The number of carbonyl (C=O) groups excluding carboxylic acids is 2. The number of para-hydroxylation sites is 2. The van der Waals surface area contributed by atoms with Crippen molar-refractivity contribution < 1.29 is 9.59 Å². The molecule has 2 N–H and O–H groups in total. The Balaban J connectivity index is 2.19. The van der Waals surface area contributed by atoms with E-state index in [2.05, 4.69) is 10.6 Å². The number of halogens is 1. The third kappa shape index (κ3) is 3.59. The van der Waals surface area contributed by atoms with Gasteiger partial charge in [-0.2, -0.15) is 0 Å². The highest BCUT2D eigenvalue weighted by atomic mass is 35.5. The van der Waals surface area contributed by atoms with Gasteiger partial charge in [0, 0.05) is 17.5 Å². The van der Waals surface area contributed by atoms with E-state index in [1.54, 1.807) is 48.5 Å². The molecule has 2 aromatic carbocycles. The SMILES string of the molecule is CC(=O)Nc1ccccc1NC(=O)c1ccc(Cl)cc1. The molecule has 5 heteroatoms. The molecule has 0 unspecified atom stereocenters. The van der Waals surface area contributed by atoms with Crippen LogP contribution >= 0.6 is 11.6 Å². The lowest BCUT2D eigenvalue weighted by Gasteiger charge is -2.11. The van der Waals surface area contributed by atoms with Crippen LogP contribution in [0, 0.1) is 0 Å². The van der Waals surface area contributed by atoms with Crippen LogP contribution in [-0.2, 0) is 4.79 Å². The van der Waals surface area contributed by atoms with Crippen LogP contribution in [-0.4, -0.2) is 11.8 Å². The van der Waals surface area contributed by atoms with Gasteiger partial charge >= 0.3 is 0 Å². The zero-order chi connectivity index (χ0) is 14.5. The first kappa shape index (κ1) is 14.1. The number of amides is 2. The molecule has 0 aliphatic rings. The van der Waals surface area contributed by atoms with Gasteiger partial charge in [-0.25, -0.2) is 0 Å². The van der Waals surface area contributed by atoms with Crippen LogP contribution in [0.1, 0.15) is 17.3 Å². The molecule has 2 amide bonds. The second kappa shape index (κ2) is 6.21. The first-order valence-electron chi connectivity index (χ1n) is 6.00. The van der Waals surface area contributed by atoms with Crippen molar-refractivity contribution in [2.45, 2.75) is 6.92 Å². The van der Waals surface area contributed by atoms with Crippen LogP contribution in [0.5, 0.6) is 0 Å². The Labute approximate surface area is 121 Å². The van der Waals surface area contributed by atoms with Crippen molar-refractivity contribution in [2.24, 2.45) is 0 Å². The summed E-state index contributed by atoms with van der Waals surface area (Å²) in [5.74, 6) is -0.460. The minimum absolute atomic E-state index is 0.196. The maximum absolute atomic E-state index is 12.1. The van der Waals surface area contributed by atoms with E-state index in [0.29, 0.717) is 22.0 Å². The monoisotopic (exact) mass is 288 g/mol. The van der Waals surface area contributed by atoms with Gasteiger partial charge in [0.05, 0.1) is 11.4 Å². The van der Waals surface area contributed by atoms with Gasteiger partial charge in [0.15, 0.2) is 0 Å². The van der Waals surface area contributed by atoms with Crippen LogP contribution in [0.2, 0.25) is 5.02 Å². The zero-order valence-corrected chi connectivity index (χ0v) is 11.6. The Hall–Kier alpha value is -2.33.